The van der Waals surface area contributed by atoms with Crippen molar-refractivity contribution < 1.29 is 14.7 Å². The number of rotatable bonds is 6. The van der Waals surface area contributed by atoms with E-state index >= 15 is 0 Å². The number of hydrogen-bond acceptors (Lipinski definition) is 4. The Hall–Kier alpha value is 0.986. The molecule has 0 saturated carbocycles. The number of carboxylic acid groups (broad SMARTS) is 1. The Kier molecular flexibility index (Phi) is 13.0. The van der Waals surface area contributed by atoms with Gasteiger partial charge < -0.3 is 15.7 Å². The van der Waals surface area contributed by atoms with Crippen LogP contribution in [0.2, 0.25) is 0 Å². The first-order valence-electron chi connectivity index (χ1n) is 3.49. The van der Waals surface area contributed by atoms with Crippen LogP contribution in [0.3, 0.4) is 0 Å². The second kappa shape index (κ2) is 10.1. The van der Waals surface area contributed by atoms with Crippen molar-refractivity contribution in [2.24, 2.45) is 5.73 Å². The molecular weight excluding hydrogens is 187 g/mol. The van der Waals surface area contributed by atoms with Crippen LogP contribution in [0.4, 0.5) is 0 Å². The summed E-state index contributed by atoms with van der Waals surface area (Å²) in [4.78, 5) is 15.0. The van der Waals surface area contributed by atoms with Crippen molar-refractivity contribution in [3.8, 4) is 0 Å². The van der Waals surface area contributed by atoms with E-state index in [9.17, 15) is 4.79 Å². The quantitative estimate of drug-likeness (QED) is 0.367. The third kappa shape index (κ3) is 9.08. The molecule has 0 aromatic carbocycles. The van der Waals surface area contributed by atoms with E-state index in [-0.39, 0.29) is 70.4 Å². The van der Waals surface area contributed by atoms with E-state index in [4.69, 9.17) is 15.7 Å². The van der Waals surface area contributed by atoms with E-state index in [1.54, 1.807) is 6.92 Å². The van der Waals surface area contributed by atoms with E-state index in [1.807, 2.05) is 0 Å². The second-order valence-corrected chi connectivity index (χ2v) is 2.08. The molecule has 0 fully saturated rings. The van der Waals surface area contributed by atoms with Gasteiger partial charge in [0.15, 0.2) is 0 Å². The molecule has 5 nitrogen and oxygen atoms in total. The number of carboxylic acids is 1. The van der Waals surface area contributed by atoms with Crippen molar-refractivity contribution in [3.05, 3.63) is 0 Å². The zero-order chi connectivity index (χ0) is 8.69. The minimum absolute atomic E-state index is 0. The monoisotopic (exact) mass is 202 g/mol. The molecule has 0 aliphatic rings. The molecule has 0 amide bonds. The number of hydrogen-bond donors (Lipinski definition) is 3. The van der Waals surface area contributed by atoms with E-state index in [0.29, 0.717) is 6.61 Å². The zero-order valence-electron chi connectivity index (χ0n) is 6.54. The number of aliphatic carboxylic acids is 1. The van der Waals surface area contributed by atoms with E-state index in [0.717, 1.165) is 0 Å². The Morgan fingerprint density at radius 3 is 2.67 bits per heavy atom. The first-order chi connectivity index (χ1) is 5.20. The summed E-state index contributed by atoms with van der Waals surface area (Å²) in [7, 11) is 0. The van der Waals surface area contributed by atoms with E-state index < -0.39 is 5.97 Å². The summed E-state index contributed by atoms with van der Waals surface area (Å²) in [5.41, 5.74) is 7.80. The van der Waals surface area contributed by atoms with Crippen LogP contribution in [0, 0.1) is 0 Å². The number of carbonyl (C=O) groups is 1. The molecule has 0 saturated heterocycles. The molecule has 68 valence electrons. The average Bonchev–Trinajstić information content (AvgIpc) is 1.97. The molecule has 12 heavy (non-hydrogen) atoms. The Labute approximate surface area is 114 Å². The van der Waals surface area contributed by atoms with Gasteiger partial charge in [0, 0.05) is 6.54 Å². The predicted molar refractivity (Wildman–Crippen MR) is 47.0 cm³/mol. The van der Waals surface area contributed by atoms with Crippen molar-refractivity contribution in [1.29, 1.82) is 0 Å². The van der Waals surface area contributed by atoms with Gasteiger partial charge in [0.2, 0.25) is 0 Å². The van der Waals surface area contributed by atoms with Crippen LogP contribution in [-0.4, -0.2) is 81.7 Å². The molecule has 0 bridgehead atoms. The average molecular weight is 202 g/mol. The van der Waals surface area contributed by atoms with Gasteiger partial charge in [0.1, 0.15) is 0 Å². The standard InChI is InChI=1S/C6H14N2O3.K.H/c1-2-11-8-5(4-7)3-6(9)10;;/h5,8H,2-4,7H2,1H3,(H,9,10);;. The van der Waals surface area contributed by atoms with Crippen LogP contribution in [0.15, 0.2) is 0 Å². The van der Waals surface area contributed by atoms with Crippen LogP contribution < -0.4 is 11.2 Å². The molecule has 1 unspecified atom stereocenters. The third-order valence-corrected chi connectivity index (χ3v) is 1.10. The molecule has 0 heterocycles. The number of nitrogens with one attached hydrogen (secondary N) is 1. The fourth-order valence-electron chi connectivity index (χ4n) is 0.585. The molecule has 0 aromatic rings. The first kappa shape index (κ1) is 15.5. The SMILES string of the molecule is CCONC(CN)CC(=O)O.[KH]. The molecule has 1 atom stereocenters. The Morgan fingerprint density at radius 2 is 2.33 bits per heavy atom. The molecule has 4 N–H and O–H groups in total. The third-order valence-electron chi connectivity index (χ3n) is 1.10. The summed E-state index contributed by atoms with van der Waals surface area (Å²) in [6.45, 7) is 2.56. The minimum atomic E-state index is -0.882. The predicted octanol–water partition coefficient (Wildman–Crippen LogP) is -1.32. The zero-order valence-corrected chi connectivity index (χ0v) is 6.54. The van der Waals surface area contributed by atoms with Crippen LogP contribution in [0.1, 0.15) is 13.3 Å². The van der Waals surface area contributed by atoms with Gasteiger partial charge in [0.25, 0.3) is 0 Å². The second-order valence-electron chi connectivity index (χ2n) is 2.08. The topological polar surface area (TPSA) is 84.6 Å². The molecule has 0 aliphatic heterocycles. The van der Waals surface area contributed by atoms with Crippen molar-refractivity contribution in [3.63, 3.8) is 0 Å². The van der Waals surface area contributed by atoms with E-state index in [1.165, 1.54) is 0 Å². The fourth-order valence-corrected chi connectivity index (χ4v) is 0.585. The van der Waals surface area contributed by atoms with E-state index in [2.05, 4.69) is 5.48 Å². The first-order valence-corrected chi connectivity index (χ1v) is 3.49. The maximum atomic E-state index is 10.2. The van der Waals surface area contributed by atoms with Crippen LogP contribution in [0.5, 0.6) is 0 Å². The number of hydroxylamine groups is 1. The van der Waals surface area contributed by atoms with Crippen molar-refractivity contribution in [2.45, 2.75) is 19.4 Å². The van der Waals surface area contributed by atoms with Gasteiger partial charge in [-0.3, -0.25) is 4.79 Å². The van der Waals surface area contributed by atoms with Crippen molar-refractivity contribution in [2.75, 3.05) is 13.2 Å². The van der Waals surface area contributed by atoms with Crippen molar-refractivity contribution in [1.82, 2.24) is 5.48 Å². The van der Waals surface area contributed by atoms with Crippen LogP contribution >= 0.6 is 0 Å². The van der Waals surface area contributed by atoms with Crippen LogP contribution in [0.25, 0.3) is 0 Å². The summed E-state index contributed by atoms with van der Waals surface area (Å²) in [6, 6.07) is -0.299. The normalized spacial score (nSPS) is 11.8. The summed E-state index contributed by atoms with van der Waals surface area (Å²) in [6.07, 6.45) is -0.0174. The van der Waals surface area contributed by atoms with Gasteiger partial charge in [-0.05, 0) is 6.92 Å². The molecule has 6 heteroatoms. The Balaban J connectivity index is 0. The van der Waals surface area contributed by atoms with Gasteiger partial charge in [-0.25, -0.2) is 0 Å². The van der Waals surface area contributed by atoms with Gasteiger partial charge in [0.05, 0.1) is 19.1 Å². The molecule has 0 aromatic heterocycles. The summed E-state index contributed by atoms with van der Waals surface area (Å²) < 4.78 is 0. The van der Waals surface area contributed by atoms with Gasteiger partial charge >= 0.3 is 57.4 Å². The van der Waals surface area contributed by atoms with Gasteiger partial charge in [-0.15, -0.1) is 0 Å². The Morgan fingerprint density at radius 1 is 1.75 bits per heavy atom. The molecule has 0 rings (SSSR count). The number of nitrogens with two attached hydrogens (primary N) is 1. The Bertz CT molecular complexity index is 123. The van der Waals surface area contributed by atoms with Gasteiger partial charge in [-0.1, -0.05) is 0 Å². The molecule has 0 aliphatic carbocycles. The summed E-state index contributed by atoms with van der Waals surface area (Å²) >= 11 is 0. The van der Waals surface area contributed by atoms with Gasteiger partial charge in [-0.2, -0.15) is 5.48 Å². The summed E-state index contributed by atoms with van der Waals surface area (Å²) in [5.74, 6) is -0.882. The molecule has 0 radical (unpaired) electrons. The fraction of sp³-hybridized carbons (Fsp3) is 0.833. The van der Waals surface area contributed by atoms with Crippen molar-refractivity contribution >= 4 is 57.4 Å². The summed E-state index contributed by atoms with van der Waals surface area (Å²) in [5, 5.41) is 8.36. The van der Waals surface area contributed by atoms with Crippen LogP contribution in [-0.2, 0) is 9.63 Å². The maximum absolute atomic E-state index is 10.2. The molecular formula is C6H15KN2O3. The molecule has 0 spiro atoms.